The zero-order chi connectivity index (χ0) is 21.5. The van der Waals surface area contributed by atoms with Crippen LogP contribution in [-0.2, 0) is 34.0 Å². The van der Waals surface area contributed by atoms with Crippen LogP contribution < -0.4 is 0 Å². The molecule has 2 aliphatic rings. The maximum atomic E-state index is 13.3. The lowest BCUT2D eigenvalue weighted by atomic mass is 9.70. The van der Waals surface area contributed by atoms with Crippen molar-refractivity contribution in [1.29, 1.82) is 0 Å². The van der Waals surface area contributed by atoms with E-state index in [4.69, 9.17) is 14.2 Å². The highest BCUT2D eigenvalue weighted by molar-refractivity contribution is 6.04. The Labute approximate surface area is 174 Å². The van der Waals surface area contributed by atoms with Crippen molar-refractivity contribution in [3.8, 4) is 0 Å². The maximum absolute atomic E-state index is 13.3. The van der Waals surface area contributed by atoms with E-state index in [9.17, 15) is 14.4 Å². The van der Waals surface area contributed by atoms with Gasteiger partial charge in [0.1, 0.15) is 5.41 Å². The zero-order valence-corrected chi connectivity index (χ0v) is 17.1. The highest BCUT2D eigenvalue weighted by Crippen LogP contribution is 2.56. The lowest BCUT2D eigenvalue weighted by molar-refractivity contribution is -0.168. The van der Waals surface area contributed by atoms with Crippen LogP contribution in [0.1, 0.15) is 18.4 Å². The third-order valence-electron chi connectivity index (χ3n) is 6.24. The van der Waals surface area contributed by atoms with E-state index in [0.29, 0.717) is 5.57 Å². The highest BCUT2D eigenvalue weighted by Gasteiger charge is 2.60. The topological polar surface area (TPSA) is 78.9 Å². The van der Waals surface area contributed by atoms with Crippen molar-refractivity contribution in [2.24, 2.45) is 5.41 Å². The Bertz CT molecular complexity index is 1100. The molecule has 4 rings (SSSR count). The maximum Gasteiger partial charge on any atom is 0.324 e. The van der Waals surface area contributed by atoms with Crippen molar-refractivity contribution in [3.05, 3.63) is 71.3 Å². The Balaban J connectivity index is 1.93. The number of esters is 3. The number of fused-ring (bicyclic) bond motifs is 1. The molecule has 0 saturated carbocycles. The van der Waals surface area contributed by atoms with Crippen LogP contribution >= 0.6 is 0 Å². The number of methoxy groups -OCH3 is 3. The van der Waals surface area contributed by atoms with Crippen molar-refractivity contribution in [2.75, 3.05) is 21.3 Å². The van der Waals surface area contributed by atoms with Gasteiger partial charge in [-0.3, -0.25) is 14.4 Å². The van der Waals surface area contributed by atoms with Gasteiger partial charge in [0.05, 0.1) is 21.3 Å². The smallest absolute Gasteiger partial charge is 0.324 e. The van der Waals surface area contributed by atoms with Gasteiger partial charge in [-0.05, 0) is 40.3 Å². The molecule has 0 heterocycles. The molecule has 1 unspecified atom stereocenters. The van der Waals surface area contributed by atoms with Crippen LogP contribution in [0.5, 0.6) is 0 Å². The summed E-state index contributed by atoms with van der Waals surface area (Å²) in [6.07, 6.45) is 3.75. The molecule has 6 heteroatoms. The van der Waals surface area contributed by atoms with E-state index >= 15 is 0 Å². The van der Waals surface area contributed by atoms with Crippen LogP contribution in [0.25, 0.3) is 10.8 Å². The first kappa shape index (κ1) is 19.9. The second-order valence-corrected chi connectivity index (χ2v) is 7.58. The third-order valence-corrected chi connectivity index (χ3v) is 6.24. The molecule has 2 aromatic carbocycles. The van der Waals surface area contributed by atoms with Gasteiger partial charge in [-0.15, -0.1) is 0 Å². The van der Waals surface area contributed by atoms with Crippen molar-refractivity contribution in [3.63, 3.8) is 0 Å². The third kappa shape index (κ3) is 2.53. The van der Waals surface area contributed by atoms with E-state index in [0.717, 1.165) is 21.9 Å². The SMILES string of the molecule is COC(=O)C1(C(=O)OC)CC2=C(C1)C(C(=O)OC)(c1cccc3ccccc13)C=C2. The molecule has 154 valence electrons. The Hall–Kier alpha value is -3.41. The van der Waals surface area contributed by atoms with Gasteiger partial charge < -0.3 is 14.2 Å². The Morgan fingerprint density at radius 2 is 1.43 bits per heavy atom. The highest BCUT2D eigenvalue weighted by atomic mass is 16.5. The normalized spacial score (nSPS) is 21.4. The van der Waals surface area contributed by atoms with Crippen molar-refractivity contribution < 1.29 is 28.6 Å². The number of benzene rings is 2. The number of carbonyl (C=O) groups is 3. The minimum absolute atomic E-state index is 0.0208. The number of ether oxygens (including phenoxy) is 3. The molecule has 30 heavy (non-hydrogen) atoms. The molecule has 2 aromatic rings. The molecule has 0 aromatic heterocycles. The number of hydrogen-bond donors (Lipinski definition) is 0. The monoisotopic (exact) mass is 406 g/mol. The van der Waals surface area contributed by atoms with Crippen LogP contribution in [0.4, 0.5) is 0 Å². The molecule has 0 saturated heterocycles. The Morgan fingerprint density at radius 1 is 0.800 bits per heavy atom. The van der Waals surface area contributed by atoms with E-state index in [1.54, 1.807) is 0 Å². The fourth-order valence-corrected chi connectivity index (χ4v) is 4.83. The minimum Gasteiger partial charge on any atom is -0.468 e. The molecule has 0 radical (unpaired) electrons. The second-order valence-electron chi connectivity index (χ2n) is 7.58. The summed E-state index contributed by atoms with van der Waals surface area (Å²) in [7, 11) is 3.82. The molecular weight excluding hydrogens is 384 g/mol. The van der Waals surface area contributed by atoms with Crippen molar-refractivity contribution in [1.82, 2.24) is 0 Å². The molecule has 0 bridgehead atoms. The average Bonchev–Trinajstić information content (AvgIpc) is 3.34. The van der Waals surface area contributed by atoms with E-state index in [2.05, 4.69) is 0 Å². The van der Waals surface area contributed by atoms with E-state index in [1.165, 1.54) is 21.3 Å². The Kier molecular flexibility index (Phi) is 4.73. The molecule has 0 N–H and O–H groups in total. The van der Waals surface area contributed by atoms with Crippen LogP contribution in [-0.4, -0.2) is 39.2 Å². The van der Waals surface area contributed by atoms with Crippen molar-refractivity contribution in [2.45, 2.75) is 18.3 Å². The lowest BCUT2D eigenvalue weighted by Crippen LogP contribution is -2.42. The summed E-state index contributed by atoms with van der Waals surface area (Å²) in [5, 5.41) is 1.88. The molecule has 0 amide bonds. The fourth-order valence-electron chi connectivity index (χ4n) is 4.83. The number of rotatable bonds is 4. The van der Waals surface area contributed by atoms with Gasteiger partial charge in [-0.1, -0.05) is 54.6 Å². The lowest BCUT2D eigenvalue weighted by Gasteiger charge is -2.32. The van der Waals surface area contributed by atoms with Gasteiger partial charge in [-0.25, -0.2) is 0 Å². The Morgan fingerprint density at radius 3 is 2.10 bits per heavy atom. The molecule has 1 atom stereocenters. The van der Waals surface area contributed by atoms with Gasteiger partial charge in [0.15, 0.2) is 5.41 Å². The molecule has 0 fully saturated rings. The predicted octanol–water partition coefficient (Wildman–Crippen LogP) is 3.24. The summed E-state index contributed by atoms with van der Waals surface area (Å²) >= 11 is 0. The number of carbonyl (C=O) groups excluding carboxylic acids is 3. The summed E-state index contributed by atoms with van der Waals surface area (Å²) in [5.74, 6) is -1.81. The van der Waals surface area contributed by atoms with Crippen LogP contribution in [0.15, 0.2) is 65.8 Å². The molecule has 2 aliphatic carbocycles. The second kappa shape index (κ2) is 7.13. The van der Waals surface area contributed by atoms with Crippen LogP contribution in [0.3, 0.4) is 0 Å². The molecule has 0 spiro atoms. The van der Waals surface area contributed by atoms with Crippen LogP contribution in [0, 0.1) is 5.41 Å². The number of allylic oxidation sites excluding steroid dienone is 2. The summed E-state index contributed by atoms with van der Waals surface area (Å²) in [6, 6.07) is 13.5. The zero-order valence-electron chi connectivity index (χ0n) is 17.1. The van der Waals surface area contributed by atoms with Crippen LogP contribution in [0.2, 0.25) is 0 Å². The molecule has 6 nitrogen and oxygen atoms in total. The summed E-state index contributed by atoms with van der Waals surface area (Å²) in [5.41, 5.74) is -0.567. The average molecular weight is 406 g/mol. The summed E-state index contributed by atoms with van der Waals surface area (Å²) in [4.78, 5) is 38.6. The predicted molar refractivity (Wildman–Crippen MR) is 110 cm³/mol. The first-order valence-corrected chi connectivity index (χ1v) is 9.60. The number of hydrogen-bond acceptors (Lipinski definition) is 6. The first-order chi connectivity index (χ1) is 14.4. The standard InChI is InChI=1S/C24H22O6/c1-28-20(25)23(21(26)29-2)13-16-11-12-24(19(16)14-23,22(27)30-3)18-10-6-8-15-7-4-5-9-17(15)18/h4-12H,13-14H2,1-3H3. The molecular formula is C24H22O6. The summed E-state index contributed by atoms with van der Waals surface area (Å²) in [6.45, 7) is 0. The quantitative estimate of drug-likeness (QED) is 0.441. The van der Waals surface area contributed by atoms with E-state index in [1.807, 2.05) is 54.6 Å². The summed E-state index contributed by atoms with van der Waals surface area (Å²) < 4.78 is 15.1. The molecule has 0 aliphatic heterocycles. The van der Waals surface area contributed by atoms with Gasteiger partial charge >= 0.3 is 17.9 Å². The van der Waals surface area contributed by atoms with E-state index in [-0.39, 0.29) is 12.8 Å². The van der Waals surface area contributed by atoms with Gasteiger partial charge in [0, 0.05) is 0 Å². The van der Waals surface area contributed by atoms with Gasteiger partial charge in [-0.2, -0.15) is 0 Å². The minimum atomic E-state index is -1.51. The van der Waals surface area contributed by atoms with E-state index < -0.39 is 28.7 Å². The first-order valence-electron chi connectivity index (χ1n) is 9.60. The van der Waals surface area contributed by atoms with Gasteiger partial charge in [0.2, 0.25) is 0 Å². The van der Waals surface area contributed by atoms with Gasteiger partial charge in [0.25, 0.3) is 0 Å². The largest absolute Gasteiger partial charge is 0.468 e. The fraction of sp³-hybridized carbons (Fsp3) is 0.292. The van der Waals surface area contributed by atoms with Crippen molar-refractivity contribution >= 4 is 28.7 Å².